The van der Waals surface area contributed by atoms with Crippen LogP contribution in [0.15, 0.2) is 0 Å². The lowest BCUT2D eigenvalue weighted by molar-refractivity contribution is -0.386. The SMILES string of the molecule is COC(=O)C1(n2nc(C)c([N+](=O)[O-])c2C)CC1. The molecule has 0 aliphatic heterocycles. The topological polar surface area (TPSA) is 87.3 Å². The number of aromatic nitrogens is 2. The van der Waals surface area contributed by atoms with E-state index in [1.54, 1.807) is 13.8 Å². The van der Waals surface area contributed by atoms with E-state index in [0.717, 1.165) is 0 Å². The van der Waals surface area contributed by atoms with Gasteiger partial charge >= 0.3 is 11.7 Å². The average molecular weight is 239 g/mol. The van der Waals surface area contributed by atoms with Crippen molar-refractivity contribution >= 4 is 11.7 Å². The molecule has 17 heavy (non-hydrogen) atoms. The quantitative estimate of drug-likeness (QED) is 0.447. The molecule has 0 amide bonds. The molecule has 1 aliphatic carbocycles. The summed E-state index contributed by atoms with van der Waals surface area (Å²) in [5, 5.41) is 15.0. The smallest absolute Gasteiger partial charge is 0.333 e. The van der Waals surface area contributed by atoms with Crippen LogP contribution >= 0.6 is 0 Å². The Labute approximate surface area is 97.5 Å². The van der Waals surface area contributed by atoms with Crippen molar-refractivity contribution in [2.45, 2.75) is 32.2 Å². The van der Waals surface area contributed by atoms with Crippen LogP contribution in [-0.4, -0.2) is 27.8 Å². The second kappa shape index (κ2) is 3.54. The first kappa shape index (κ1) is 11.6. The molecule has 0 N–H and O–H groups in total. The van der Waals surface area contributed by atoms with Crippen molar-refractivity contribution in [3.8, 4) is 0 Å². The van der Waals surface area contributed by atoms with Gasteiger partial charge in [0, 0.05) is 0 Å². The number of hydrogen-bond acceptors (Lipinski definition) is 5. The first-order valence-corrected chi connectivity index (χ1v) is 5.23. The van der Waals surface area contributed by atoms with Gasteiger partial charge in [-0.05, 0) is 26.7 Å². The number of nitro groups is 1. The Balaban J connectivity index is 2.52. The third-order valence-electron chi connectivity index (χ3n) is 3.13. The Kier molecular flexibility index (Phi) is 2.41. The Morgan fingerprint density at radius 1 is 1.53 bits per heavy atom. The van der Waals surface area contributed by atoms with Crippen LogP contribution in [0.3, 0.4) is 0 Å². The molecule has 0 atom stereocenters. The minimum absolute atomic E-state index is 0.0276. The Morgan fingerprint density at radius 3 is 2.47 bits per heavy atom. The predicted molar refractivity (Wildman–Crippen MR) is 57.6 cm³/mol. The standard InChI is InChI=1S/C10H13N3O4/c1-6-8(13(15)16)7(2)12(11-6)10(4-5-10)9(14)17-3/h4-5H2,1-3H3. The zero-order chi connectivity index (χ0) is 12.8. The highest BCUT2D eigenvalue weighted by molar-refractivity contribution is 5.82. The number of carbonyl (C=O) groups is 1. The predicted octanol–water partition coefficient (Wildman–Crippen LogP) is 1.07. The lowest BCUT2D eigenvalue weighted by atomic mass is 10.2. The van der Waals surface area contributed by atoms with Crippen LogP contribution in [0, 0.1) is 24.0 Å². The van der Waals surface area contributed by atoms with Crippen LogP contribution in [0.2, 0.25) is 0 Å². The lowest BCUT2D eigenvalue weighted by Crippen LogP contribution is -2.30. The normalized spacial score (nSPS) is 16.6. The summed E-state index contributed by atoms with van der Waals surface area (Å²) >= 11 is 0. The van der Waals surface area contributed by atoms with Gasteiger partial charge in [-0.15, -0.1) is 0 Å². The van der Waals surface area contributed by atoms with Crippen molar-refractivity contribution in [3.05, 3.63) is 21.5 Å². The highest BCUT2D eigenvalue weighted by Gasteiger charge is 2.55. The van der Waals surface area contributed by atoms with Gasteiger partial charge in [0.25, 0.3) is 0 Å². The monoisotopic (exact) mass is 239 g/mol. The van der Waals surface area contributed by atoms with Gasteiger partial charge in [-0.2, -0.15) is 5.10 Å². The molecule has 0 radical (unpaired) electrons. The lowest BCUT2D eigenvalue weighted by Gasteiger charge is -2.14. The molecule has 7 heteroatoms. The molecular weight excluding hydrogens is 226 g/mol. The summed E-state index contributed by atoms with van der Waals surface area (Å²) in [6, 6.07) is 0. The van der Waals surface area contributed by atoms with Crippen LogP contribution in [0.25, 0.3) is 0 Å². The van der Waals surface area contributed by atoms with Gasteiger partial charge in [0.15, 0.2) is 5.54 Å². The summed E-state index contributed by atoms with van der Waals surface area (Å²) in [6.45, 7) is 3.16. The molecule has 1 saturated carbocycles. The maximum absolute atomic E-state index is 11.7. The minimum Gasteiger partial charge on any atom is -0.467 e. The largest absolute Gasteiger partial charge is 0.467 e. The van der Waals surface area contributed by atoms with Gasteiger partial charge in [0.2, 0.25) is 0 Å². The number of ether oxygens (including phenoxy) is 1. The van der Waals surface area contributed by atoms with Crippen LogP contribution in [0.1, 0.15) is 24.2 Å². The Hall–Kier alpha value is -1.92. The molecule has 0 bridgehead atoms. The highest BCUT2D eigenvalue weighted by Crippen LogP contribution is 2.46. The van der Waals surface area contributed by atoms with Crippen molar-refractivity contribution in [2.24, 2.45) is 0 Å². The molecule has 2 rings (SSSR count). The fraction of sp³-hybridized carbons (Fsp3) is 0.600. The number of rotatable bonds is 3. The fourth-order valence-corrected chi connectivity index (χ4v) is 2.13. The van der Waals surface area contributed by atoms with E-state index >= 15 is 0 Å². The van der Waals surface area contributed by atoms with Gasteiger partial charge in [-0.1, -0.05) is 0 Å². The first-order chi connectivity index (χ1) is 7.94. The third-order valence-corrected chi connectivity index (χ3v) is 3.13. The van der Waals surface area contributed by atoms with Crippen LogP contribution in [0.4, 0.5) is 5.69 Å². The van der Waals surface area contributed by atoms with E-state index in [-0.39, 0.29) is 5.69 Å². The van der Waals surface area contributed by atoms with E-state index in [2.05, 4.69) is 5.10 Å². The van der Waals surface area contributed by atoms with Gasteiger partial charge in [0.05, 0.1) is 12.0 Å². The third kappa shape index (κ3) is 1.49. The molecule has 92 valence electrons. The molecule has 1 fully saturated rings. The van der Waals surface area contributed by atoms with Crippen LogP contribution in [0.5, 0.6) is 0 Å². The van der Waals surface area contributed by atoms with Crippen molar-refractivity contribution in [3.63, 3.8) is 0 Å². The van der Waals surface area contributed by atoms with E-state index in [4.69, 9.17) is 4.74 Å². The van der Waals surface area contributed by atoms with E-state index in [1.807, 2.05) is 0 Å². The Morgan fingerprint density at radius 2 is 2.12 bits per heavy atom. The van der Waals surface area contributed by atoms with E-state index in [0.29, 0.717) is 24.2 Å². The molecule has 1 aromatic rings. The number of nitrogens with zero attached hydrogens (tertiary/aromatic N) is 3. The maximum Gasteiger partial charge on any atom is 0.333 e. The van der Waals surface area contributed by atoms with Gasteiger partial charge in [-0.3, -0.25) is 10.1 Å². The van der Waals surface area contributed by atoms with Crippen molar-refractivity contribution in [2.75, 3.05) is 7.11 Å². The summed E-state index contributed by atoms with van der Waals surface area (Å²) in [4.78, 5) is 22.1. The molecule has 0 unspecified atom stereocenters. The molecule has 1 heterocycles. The number of carbonyl (C=O) groups excluding carboxylic acids is 1. The second-order valence-electron chi connectivity index (χ2n) is 4.21. The second-order valence-corrected chi connectivity index (χ2v) is 4.21. The van der Waals surface area contributed by atoms with Crippen molar-refractivity contribution < 1.29 is 14.5 Å². The van der Waals surface area contributed by atoms with Gasteiger partial charge in [-0.25, -0.2) is 9.48 Å². The van der Waals surface area contributed by atoms with E-state index < -0.39 is 16.4 Å². The molecule has 0 spiro atoms. The molecule has 7 nitrogen and oxygen atoms in total. The van der Waals surface area contributed by atoms with Crippen molar-refractivity contribution in [1.82, 2.24) is 9.78 Å². The summed E-state index contributed by atoms with van der Waals surface area (Å²) in [5.74, 6) is -0.391. The van der Waals surface area contributed by atoms with Crippen LogP contribution < -0.4 is 0 Å². The number of methoxy groups -OCH3 is 1. The molecule has 0 saturated heterocycles. The molecule has 1 aromatic heterocycles. The molecule has 1 aliphatic rings. The summed E-state index contributed by atoms with van der Waals surface area (Å²) in [6.07, 6.45) is 1.22. The molecule has 0 aromatic carbocycles. The zero-order valence-electron chi connectivity index (χ0n) is 9.89. The highest BCUT2D eigenvalue weighted by atomic mass is 16.6. The Bertz CT molecular complexity index is 502. The zero-order valence-corrected chi connectivity index (χ0v) is 9.89. The fourth-order valence-electron chi connectivity index (χ4n) is 2.13. The maximum atomic E-state index is 11.7. The van der Waals surface area contributed by atoms with E-state index in [9.17, 15) is 14.9 Å². The van der Waals surface area contributed by atoms with Crippen LogP contribution in [-0.2, 0) is 15.1 Å². The van der Waals surface area contributed by atoms with Crippen molar-refractivity contribution in [1.29, 1.82) is 0 Å². The first-order valence-electron chi connectivity index (χ1n) is 5.23. The minimum atomic E-state index is -0.822. The average Bonchev–Trinajstić information content (AvgIpc) is 3.00. The van der Waals surface area contributed by atoms with Gasteiger partial charge in [0.1, 0.15) is 11.4 Å². The summed E-state index contributed by atoms with van der Waals surface area (Å²) < 4.78 is 6.16. The summed E-state index contributed by atoms with van der Waals surface area (Å²) in [7, 11) is 1.31. The number of aryl methyl sites for hydroxylation is 1. The number of hydrogen-bond donors (Lipinski definition) is 0. The molecular formula is C10H13N3O4. The van der Waals surface area contributed by atoms with E-state index in [1.165, 1.54) is 11.8 Å². The summed E-state index contributed by atoms with van der Waals surface area (Å²) in [5.41, 5.74) is -0.129. The van der Waals surface area contributed by atoms with Gasteiger partial charge < -0.3 is 4.74 Å². The number of esters is 1.